The van der Waals surface area contributed by atoms with Gasteiger partial charge in [-0.15, -0.1) is 0 Å². The number of ether oxygens (including phenoxy) is 1. The Balaban J connectivity index is 1.38. The van der Waals surface area contributed by atoms with Crippen LogP contribution in [0, 0.1) is 5.92 Å². The third-order valence-electron chi connectivity index (χ3n) is 5.71. The highest BCUT2D eigenvalue weighted by molar-refractivity contribution is 5.75. The molecule has 2 saturated heterocycles. The second kappa shape index (κ2) is 8.96. The molecule has 0 radical (unpaired) electrons. The van der Waals surface area contributed by atoms with Crippen molar-refractivity contribution >= 4 is 5.91 Å². The minimum Gasteiger partial charge on any atom is -0.370 e. The number of piperidine rings is 1. The third kappa shape index (κ3) is 5.52. The van der Waals surface area contributed by atoms with E-state index >= 15 is 0 Å². The van der Waals surface area contributed by atoms with Crippen LogP contribution < -0.4 is 5.32 Å². The van der Waals surface area contributed by atoms with E-state index in [1.807, 2.05) is 18.5 Å². The number of hydrogen-bond donors (Lipinski definition) is 1. The molecule has 2 aliphatic heterocycles. The summed E-state index contributed by atoms with van der Waals surface area (Å²) in [5.74, 6) is 0.734. The molecule has 1 aromatic rings. The van der Waals surface area contributed by atoms with E-state index in [1.54, 1.807) is 0 Å². The molecule has 1 N–H and O–H groups in total. The number of aromatic nitrogens is 1. The maximum Gasteiger partial charge on any atom is 0.220 e. The Hall–Kier alpha value is -1.46. The third-order valence-corrected chi connectivity index (χ3v) is 5.71. The summed E-state index contributed by atoms with van der Waals surface area (Å²) in [6, 6.07) is 4.14. The van der Waals surface area contributed by atoms with Crippen molar-refractivity contribution in [3.63, 3.8) is 0 Å². The summed E-state index contributed by atoms with van der Waals surface area (Å²) in [7, 11) is 0. The minimum absolute atomic E-state index is 0.0404. The molecule has 1 spiro atoms. The Labute approximate surface area is 157 Å². The van der Waals surface area contributed by atoms with Crippen molar-refractivity contribution in [2.24, 2.45) is 5.92 Å². The zero-order chi connectivity index (χ0) is 18.4. The normalized spacial score (nSPS) is 22.8. The maximum absolute atomic E-state index is 11.9. The molecule has 5 heteroatoms. The predicted molar refractivity (Wildman–Crippen MR) is 103 cm³/mol. The summed E-state index contributed by atoms with van der Waals surface area (Å²) in [4.78, 5) is 18.6. The van der Waals surface area contributed by atoms with E-state index in [2.05, 4.69) is 35.1 Å². The molecule has 3 heterocycles. The molecule has 0 bridgehead atoms. The first-order valence-corrected chi connectivity index (χ1v) is 10.1. The fraction of sp³-hybridized carbons (Fsp3) is 0.714. The van der Waals surface area contributed by atoms with Gasteiger partial charge < -0.3 is 10.1 Å². The fourth-order valence-corrected chi connectivity index (χ4v) is 4.01. The molecule has 26 heavy (non-hydrogen) atoms. The quantitative estimate of drug-likeness (QED) is 0.812. The van der Waals surface area contributed by atoms with Gasteiger partial charge in [-0.2, -0.15) is 0 Å². The Morgan fingerprint density at radius 3 is 2.88 bits per heavy atom. The SMILES string of the molecule is CC(C)CCC(=O)NCC1CCC2(CCN(Cc3cccnc3)CC2)O1. The van der Waals surface area contributed by atoms with Crippen molar-refractivity contribution in [1.29, 1.82) is 0 Å². The van der Waals surface area contributed by atoms with E-state index in [9.17, 15) is 4.79 Å². The molecule has 2 aliphatic rings. The highest BCUT2D eigenvalue weighted by Crippen LogP contribution is 2.38. The lowest BCUT2D eigenvalue weighted by molar-refractivity contribution is -0.123. The van der Waals surface area contributed by atoms with Crippen LogP contribution in [0.15, 0.2) is 24.5 Å². The summed E-state index contributed by atoms with van der Waals surface area (Å²) in [5, 5.41) is 3.06. The molecule has 1 aromatic heterocycles. The van der Waals surface area contributed by atoms with Crippen molar-refractivity contribution in [3.8, 4) is 0 Å². The molecule has 0 aliphatic carbocycles. The van der Waals surface area contributed by atoms with Crippen molar-refractivity contribution in [2.45, 2.75) is 70.6 Å². The topological polar surface area (TPSA) is 54.5 Å². The van der Waals surface area contributed by atoms with Gasteiger partial charge in [0, 0.05) is 45.0 Å². The van der Waals surface area contributed by atoms with E-state index in [0.717, 1.165) is 51.7 Å². The van der Waals surface area contributed by atoms with Gasteiger partial charge in [-0.1, -0.05) is 19.9 Å². The summed E-state index contributed by atoms with van der Waals surface area (Å²) >= 11 is 0. The Morgan fingerprint density at radius 1 is 1.38 bits per heavy atom. The molecule has 2 fully saturated rings. The van der Waals surface area contributed by atoms with Crippen LogP contribution in [0.25, 0.3) is 0 Å². The molecule has 1 unspecified atom stereocenters. The van der Waals surface area contributed by atoms with E-state index in [1.165, 1.54) is 5.56 Å². The molecule has 0 aromatic carbocycles. The van der Waals surface area contributed by atoms with Crippen molar-refractivity contribution in [1.82, 2.24) is 15.2 Å². The zero-order valence-corrected chi connectivity index (χ0v) is 16.2. The van der Waals surface area contributed by atoms with Crippen LogP contribution in [0.1, 0.15) is 57.9 Å². The number of pyridine rings is 1. The predicted octanol–water partition coefficient (Wildman–Crippen LogP) is 3.15. The van der Waals surface area contributed by atoms with E-state index in [4.69, 9.17) is 4.74 Å². The van der Waals surface area contributed by atoms with Gasteiger partial charge in [-0.25, -0.2) is 0 Å². The number of likely N-dealkylation sites (tertiary alicyclic amines) is 1. The summed E-state index contributed by atoms with van der Waals surface area (Å²) < 4.78 is 6.41. The highest BCUT2D eigenvalue weighted by atomic mass is 16.5. The highest BCUT2D eigenvalue weighted by Gasteiger charge is 2.42. The lowest BCUT2D eigenvalue weighted by atomic mass is 9.88. The molecular weight excluding hydrogens is 326 g/mol. The Morgan fingerprint density at radius 2 is 2.19 bits per heavy atom. The summed E-state index contributed by atoms with van der Waals surface area (Å²) in [6.07, 6.45) is 9.90. The first-order chi connectivity index (χ1) is 12.5. The average molecular weight is 360 g/mol. The van der Waals surface area contributed by atoms with Crippen LogP contribution in [-0.2, 0) is 16.1 Å². The molecule has 3 rings (SSSR count). The van der Waals surface area contributed by atoms with Gasteiger partial charge in [0.05, 0.1) is 11.7 Å². The summed E-state index contributed by atoms with van der Waals surface area (Å²) in [6.45, 7) is 8.08. The first-order valence-electron chi connectivity index (χ1n) is 10.1. The Kier molecular flexibility index (Phi) is 6.65. The average Bonchev–Trinajstić information content (AvgIpc) is 3.04. The molecule has 0 saturated carbocycles. The minimum atomic E-state index is 0.0404. The lowest BCUT2D eigenvalue weighted by Crippen LogP contribution is -2.44. The van der Waals surface area contributed by atoms with Crippen molar-refractivity contribution < 1.29 is 9.53 Å². The van der Waals surface area contributed by atoms with Crippen LogP contribution in [0.2, 0.25) is 0 Å². The van der Waals surface area contributed by atoms with E-state index < -0.39 is 0 Å². The molecule has 1 atom stereocenters. The number of carbonyl (C=O) groups excluding carboxylic acids is 1. The number of amides is 1. The lowest BCUT2D eigenvalue weighted by Gasteiger charge is -2.39. The van der Waals surface area contributed by atoms with E-state index in [-0.39, 0.29) is 17.6 Å². The van der Waals surface area contributed by atoms with Crippen molar-refractivity contribution in [3.05, 3.63) is 30.1 Å². The maximum atomic E-state index is 11.9. The van der Waals surface area contributed by atoms with Gasteiger partial charge in [0.1, 0.15) is 0 Å². The van der Waals surface area contributed by atoms with Crippen LogP contribution in [0.5, 0.6) is 0 Å². The number of nitrogens with zero attached hydrogens (tertiary/aromatic N) is 2. The van der Waals surface area contributed by atoms with E-state index in [0.29, 0.717) is 18.9 Å². The van der Waals surface area contributed by atoms with Crippen molar-refractivity contribution in [2.75, 3.05) is 19.6 Å². The van der Waals surface area contributed by atoms with Gasteiger partial charge in [0.2, 0.25) is 5.91 Å². The molecule has 144 valence electrons. The number of rotatable bonds is 7. The first kappa shape index (κ1) is 19.3. The van der Waals surface area contributed by atoms with Gasteiger partial charge >= 0.3 is 0 Å². The molecule has 1 amide bonds. The number of nitrogens with one attached hydrogen (secondary N) is 1. The van der Waals surface area contributed by atoms with Gasteiger partial charge in [0.25, 0.3) is 0 Å². The second-order valence-corrected chi connectivity index (χ2v) is 8.34. The number of hydrogen-bond acceptors (Lipinski definition) is 4. The van der Waals surface area contributed by atoms with Crippen LogP contribution in [-0.4, -0.2) is 47.1 Å². The largest absolute Gasteiger partial charge is 0.370 e. The number of carbonyl (C=O) groups is 1. The fourth-order valence-electron chi connectivity index (χ4n) is 4.01. The van der Waals surface area contributed by atoms with Crippen LogP contribution in [0.3, 0.4) is 0 Å². The standard InChI is InChI=1S/C21H33N3O2/c1-17(2)5-6-20(25)23-15-19-7-8-21(26-19)9-12-24(13-10-21)16-18-4-3-11-22-14-18/h3-4,11,14,17,19H,5-10,12-13,15-16H2,1-2H3,(H,23,25). The Bertz CT molecular complexity index is 568. The van der Waals surface area contributed by atoms with Crippen LogP contribution >= 0.6 is 0 Å². The zero-order valence-electron chi connectivity index (χ0n) is 16.2. The molecular formula is C21H33N3O2. The van der Waals surface area contributed by atoms with Gasteiger partial charge in [-0.05, 0) is 49.7 Å². The smallest absolute Gasteiger partial charge is 0.220 e. The molecule has 5 nitrogen and oxygen atoms in total. The van der Waals surface area contributed by atoms with Gasteiger partial charge in [0.15, 0.2) is 0 Å². The second-order valence-electron chi connectivity index (χ2n) is 8.34. The van der Waals surface area contributed by atoms with Gasteiger partial charge in [-0.3, -0.25) is 14.7 Å². The van der Waals surface area contributed by atoms with Crippen LogP contribution in [0.4, 0.5) is 0 Å². The monoisotopic (exact) mass is 359 g/mol. The summed E-state index contributed by atoms with van der Waals surface area (Å²) in [5.41, 5.74) is 1.32.